The second-order valence-electron chi connectivity index (χ2n) is 4.79. The van der Waals surface area contributed by atoms with Crippen LogP contribution >= 0.6 is 23.4 Å². The van der Waals surface area contributed by atoms with E-state index in [1.165, 1.54) is 18.9 Å². The Morgan fingerprint density at radius 1 is 1.45 bits per heavy atom. The molecule has 0 bridgehead atoms. The fraction of sp³-hybridized carbons (Fsp3) is 0.429. The van der Waals surface area contributed by atoms with Gasteiger partial charge in [0.15, 0.2) is 0 Å². The van der Waals surface area contributed by atoms with Crippen LogP contribution in [0.4, 0.5) is 5.69 Å². The molecule has 6 heteroatoms. The predicted molar refractivity (Wildman–Crippen MR) is 82.7 cm³/mol. The molecule has 0 amide bonds. The fourth-order valence-corrected chi connectivity index (χ4v) is 3.51. The Bertz CT molecular complexity index is 529. The normalized spacial score (nSPS) is 18.9. The van der Waals surface area contributed by atoms with Crippen LogP contribution in [0.15, 0.2) is 30.3 Å². The van der Waals surface area contributed by atoms with E-state index in [0.717, 1.165) is 18.5 Å². The number of ether oxygens (including phenoxy) is 1. The maximum atomic E-state index is 11.6. The molecule has 1 aromatic carbocycles. The molecule has 1 aliphatic rings. The van der Waals surface area contributed by atoms with Gasteiger partial charge in [0.2, 0.25) is 0 Å². The number of carbonyl (C=O) groups is 1. The first-order chi connectivity index (χ1) is 9.50. The molecule has 4 nitrogen and oxygen atoms in total. The number of halogens is 1. The number of esters is 1. The van der Waals surface area contributed by atoms with E-state index in [1.807, 2.05) is 42.0 Å². The summed E-state index contributed by atoms with van der Waals surface area (Å²) < 4.78 is 6.28. The summed E-state index contributed by atoms with van der Waals surface area (Å²) in [5, 5.41) is -0.0384. The standard InChI is InChI=1S/C14H17ClN2O2S/c1-17(10-6-4-3-5-7-10)13(16)20-14(8-9-14)11(15)12(18)19-2/h3-7,11,16H,8-9H2,1-2H3/p+1. The van der Waals surface area contributed by atoms with E-state index in [9.17, 15) is 4.79 Å². The van der Waals surface area contributed by atoms with Gasteiger partial charge in [-0.3, -0.25) is 10.5 Å². The second-order valence-corrected chi connectivity index (χ2v) is 6.66. The number of hydrogen-bond donors (Lipinski definition) is 1. The average molecular weight is 314 g/mol. The van der Waals surface area contributed by atoms with Crippen LogP contribution in [0.2, 0.25) is 0 Å². The van der Waals surface area contributed by atoms with E-state index in [0.29, 0.717) is 5.17 Å². The fourth-order valence-electron chi connectivity index (χ4n) is 1.90. The minimum absolute atomic E-state index is 0.332. The Kier molecular flexibility index (Phi) is 4.60. The van der Waals surface area contributed by atoms with Gasteiger partial charge in [0.05, 0.1) is 18.9 Å². The van der Waals surface area contributed by atoms with Gasteiger partial charge in [-0.05, 0) is 36.7 Å². The van der Waals surface area contributed by atoms with Gasteiger partial charge in [0.1, 0.15) is 11.1 Å². The molecule has 0 aliphatic heterocycles. The van der Waals surface area contributed by atoms with E-state index in [1.54, 1.807) is 0 Å². The molecule has 0 heterocycles. The van der Waals surface area contributed by atoms with Gasteiger partial charge < -0.3 is 4.74 Å². The van der Waals surface area contributed by atoms with Crippen LogP contribution in [0.25, 0.3) is 0 Å². The van der Waals surface area contributed by atoms with Gasteiger partial charge >= 0.3 is 11.1 Å². The molecule has 2 N–H and O–H groups in total. The van der Waals surface area contributed by atoms with Gasteiger partial charge in [-0.15, -0.1) is 11.6 Å². The van der Waals surface area contributed by atoms with Gasteiger partial charge in [-0.25, -0.2) is 4.58 Å². The van der Waals surface area contributed by atoms with Crippen LogP contribution in [0.1, 0.15) is 12.8 Å². The lowest BCUT2D eigenvalue weighted by atomic mass is 10.3. The summed E-state index contributed by atoms with van der Waals surface area (Å²) in [6.45, 7) is 0. The Hall–Kier alpha value is -1.20. The Balaban J connectivity index is 2.15. The Morgan fingerprint density at radius 2 is 2.05 bits per heavy atom. The quantitative estimate of drug-likeness (QED) is 0.305. The summed E-state index contributed by atoms with van der Waals surface area (Å²) in [5.74, 6) is -0.396. The molecule has 1 aliphatic carbocycles. The van der Waals surface area contributed by atoms with E-state index in [4.69, 9.17) is 22.1 Å². The van der Waals surface area contributed by atoms with E-state index in [-0.39, 0.29) is 4.75 Å². The molecule has 0 radical (unpaired) electrons. The number of para-hydroxylation sites is 1. The zero-order chi connectivity index (χ0) is 14.8. The minimum atomic E-state index is -0.666. The van der Waals surface area contributed by atoms with Crippen molar-refractivity contribution in [3.8, 4) is 0 Å². The first kappa shape index (κ1) is 15.2. The highest BCUT2D eigenvalue weighted by atomic mass is 35.5. The summed E-state index contributed by atoms with van der Waals surface area (Å²) in [6, 6.07) is 9.82. The molecule has 2 rings (SSSR count). The number of nitrogens with two attached hydrogens (primary N) is 1. The largest absolute Gasteiger partial charge is 0.468 e. The third-order valence-corrected chi connectivity index (χ3v) is 5.65. The van der Waals surface area contributed by atoms with Crippen LogP contribution in [-0.2, 0) is 9.53 Å². The number of thioether (sulfide) groups is 1. The van der Waals surface area contributed by atoms with Crippen LogP contribution in [-0.4, -0.2) is 40.0 Å². The van der Waals surface area contributed by atoms with Crippen molar-refractivity contribution in [3.05, 3.63) is 30.3 Å². The van der Waals surface area contributed by atoms with Gasteiger partial charge in [0.25, 0.3) is 0 Å². The topological polar surface area (TPSA) is 55.3 Å². The van der Waals surface area contributed by atoms with Crippen molar-refractivity contribution in [2.75, 3.05) is 14.2 Å². The van der Waals surface area contributed by atoms with E-state index in [2.05, 4.69) is 0 Å². The summed E-state index contributed by atoms with van der Waals surface area (Å²) >= 11 is 7.65. The van der Waals surface area contributed by atoms with Crippen LogP contribution in [0.5, 0.6) is 0 Å². The lowest BCUT2D eigenvalue weighted by Crippen LogP contribution is -2.33. The maximum Gasteiger partial charge on any atom is 0.325 e. The van der Waals surface area contributed by atoms with Crippen molar-refractivity contribution >= 4 is 40.2 Å². The van der Waals surface area contributed by atoms with Crippen LogP contribution in [0, 0.1) is 0 Å². The molecule has 1 aromatic rings. The van der Waals surface area contributed by atoms with Gasteiger partial charge in [-0.2, -0.15) is 0 Å². The summed E-state index contributed by atoms with van der Waals surface area (Å²) in [5.41, 5.74) is 7.15. The number of benzene rings is 1. The zero-order valence-corrected chi connectivity index (χ0v) is 13.1. The molecule has 20 heavy (non-hydrogen) atoms. The second kappa shape index (κ2) is 6.06. The number of nitrogens with zero attached hydrogens (tertiary/aromatic N) is 1. The zero-order valence-electron chi connectivity index (χ0n) is 11.5. The van der Waals surface area contributed by atoms with Crippen molar-refractivity contribution in [1.29, 1.82) is 0 Å². The van der Waals surface area contributed by atoms with E-state index < -0.39 is 11.3 Å². The van der Waals surface area contributed by atoms with Crippen molar-refractivity contribution in [2.45, 2.75) is 23.0 Å². The number of hydrogen-bond acceptors (Lipinski definition) is 3. The summed E-state index contributed by atoms with van der Waals surface area (Å²) in [7, 11) is 3.25. The smallest absolute Gasteiger partial charge is 0.325 e. The lowest BCUT2D eigenvalue weighted by molar-refractivity contribution is -0.402. The van der Waals surface area contributed by atoms with Crippen molar-refractivity contribution in [1.82, 2.24) is 0 Å². The first-order valence-electron chi connectivity index (χ1n) is 6.32. The summed E-state index contributed by atoms with van der Waals surface area (Å²) in [4.78, 5) is 11.6. The molecule has 1 fully saturated rings. The highest BCUT2D eigenvalue weighted by molar-refractivity contribution is 8.15. The molecule has 1 atom stereocenters. The number of rotatable bonds is 4. The number of amidine groups is 1. The Labute approximate surface area is 127 Å². The molecular formula is C14H18ClN2O2S+. The lowest BCUT2D eigenvalue weighted by Gasteiger charge is -2.17. The molecule has 108 valence electrons. The molecular weight excluding hydrogens is 296 g/mol. The molecule has 1 unspecified atom stereocenters. The first-order valence-corrected chi connectivity index (χ1v) is 7.57. The van der Waals surface area contributed by atoms with Crippen molar-refractivity contribution in [2.24, 2.45) is 5.73 Å². The Morgan fingerprint density at radius 3 is 2.55 bits per heavy atom. The average Bonchev–Trinajstić information content (AvgIpc) is 3.26. The van der Waals surface area contributed by atoms with Crippen LogP contribution in [0.3, 0.4) is 0 Å². The SMILES string of the molecule is COC(=O)C(Cl)C1(SC(N)=[N+](C)c2ccccc2)CC1. The number of carbonyl (C=O) groups excluding carboxylic acids is 1. The van der Waals surface area contributed by atoms with E-state index >= 15 is 0 Å². The number of methoxy groups -OCH3 is 1. The highest BCUT2D eigenvalue weighted by Gasteiger charge is 2.55. The molecule has 0 saturated heterocycles. The number of alkyl halides is 1. The minimum Gasteiger partial charge on any atom is -0.468 e. The molecule has 0 spiro atoms. The van der Waals surface area contributed by atoms with Crippen molar-refractivity contribution in [3.63, 3.8) is 0 Å². The van der Waals surface area contributed by atoms with Crippen LogP contribution < -0.4 is 5.73 Å². The molecule has 1 saturated carbocycles. The highest BCUT2D eigenvalue weighted by Crippen LogP contribution is 2.53. The predicted octanol–water partition coefficient (Wildman–Crippen LogP) is 2.32. The summed E-state index contributed by atoms with van der Waals surface area (Å²) in [6.07, 6.45) is 1.73. The third-order valence-electron chi connectivity index (χ3n) is 3.39. The third kappa shape index (κ3) is 3.10. The maximum absolute atomic E-state index is 11.6. The monoisotopic (exact) mass is 313 g/mol. The van der Waals surface area contributed by atoms with Gasteiger partial charge in [0, 0.05) is 0 Å². The van der Waals surface area contributed by atoms with Gasteiger partial charge in [-0.1, -0.05) is 18.2 Å². The molecule has 0 aromatic heterocycles. The van der Waals surface area contributed by atoms with Crippen molar-refractivity contribution < 1.29 is 14.1 Å².